The molecule has 0 atom stereocenters. The number of aromatic amines is 1. The fraction of sp³-hybridized carbons (Fsp3) is 0.167. The predicted molar refractivity (Wildman–Crippen MR) is 78.0 cm³/mol. The summed E-state index contributed by atoms with van der Waals surface area (Å²) < 4.78 is 0. The van der Waals surface area contributed by atoms with Crippen LogP contribution in [0.25, 0.3) is 10.9 Å². The van der Waals surface area contributed by atoms with E-state index in [1.165, 1.54) is 24.8 Å². The van der Waals surface area contributed by atoms with E-state index in [1.807, 2.05) is 0 Å². The van der Waals surface area contributed by atoms with Crippen molar-refractivity contribution in [3.8, 4) is 0 Å². The number of carbonyl (C=O) groups is 1. The lowest BCUT2D eigenvalue weighted by atomic mass is 10.1. The van der Waals surface area contributed by atoms with Crippen LogP contribution in [-0.4, -0.2) is 21.9 Å². The van der Waals surface area contributed by atoms with Gasteiger partial charge in [0.05, 0.1) is 26.1 Å². The molecule has 0 saturated heterocycles. The quantitative estimate of drug-likeness (QED) is 0.407. The van der Waals surface area contributed by atoms with Crippen molar-refractivity contribution in [3.05, 3.63) is 43.1 Å². The molecule has 0 radical (unpaired) electrons. The molecule has 1 aromatic heterocycles. The second-order valence-corrected chi connectivity index (χ2v) is 5.22. The van der Waals surface area contributed by atoms with Crippen molar-refractivity contribution < 1.29 is 9.72 Å². The number of benzene rings is 1. The van der Waals surface area contributed by atoms with Gasteiger partial charge in [0, 0.05) is 6.07 Å². The van der Waals surface area contributed by atoms with Crippen LogP contribution in [-0.2, 0) is 0 Å². The third-order valence-electron chi connectivity index (χ3n) is 2.81. The molecule has 6 nitrogen and oxygen atoms in total. The molecule has 0 spiro atoms. The Morgan fingerprint density at radius 2 is 2.10 bits per heavy atom. The molecule has 0 aliphatic heterocycles. The van der Waals surface area contributed by atoms with Gasteiger partial charge in [0.2, 0.25) is 5.43 Å². The number of non-ortho nitro benzene ring substituents is 1. The molecule has 0 unspecified atom stereocenters. The molecule has 0 amide bonds. The van der Waals surface area contributed by atoms with Crippen molar-refractivity contribution in [2.24, 2.45) is 0 Å². The number of nitro groups is 1. The van der Waals surface area contributed by atoms with E-state index in [2.05, 4.69) is 4.98 Å². The van der Waals surface area contributed by atoms with E-state index in [-0.39, 0.29) is 27.2 Å². The number of nitrogens with zero attached hydrogens (tertiary/aromatic N) is 1. The van der Waals surface area contributed by atoms with E-state index in [1.54, 1.807) is 6.26 Å². The zero-order valence-corrected chi connectivity index (χ0v) is 12.1. The molecule has 0 aliphatic rings. The minimum atomic E-state index is -0.676. The molecule has 104 valence electrons. The van der Waals surface area contributed by atoms with Crippen LogP contribution >= 0.6 is 23.4 Å². The zero-order chi connectivity index (χ0) is 15.0. The molecular formula is C12H9ClN2O4S. The molecule has 2 rings (SSSR count). The lowest BCUT2D eigenvalue weighted by Crippen LogP contribution is -2.17. The Bertz CT molecular complexity index is 800. The van der Waals surface area contributed by atoms with Crippen LogP contribution in [0.5, 0.6) is 0 Å². The van der Waals surface area contributed by atoms with Gasteiger partial charge >= 0.3 is 0 Å². The van der Waals surface area contributed by atoms with Crippen molar-refractivity contribution in [1.29, 1.82) is 0 Å². The number of rotatable bonds is 3. The summed E-state index contributed by atoms with van der Waals surface area (Å²) >= 11 is 7.15. The Morgan fingerprint density at radius 3 is 2.60 bits per heavy atom. The molecule has 1 N–H and O–H groups in total. The van der Waals surface area contributed by atoms with Gasteiger partial charge in [-0.25, -0.2) is 0 Å². The fourth-order valence-corrected chi connectivity index (χ4v) is 2.80. The van der Waals surface area contributed by atoms with Crippen LogP contribution in [0.4, 0.5) is 5.69 Å². The van der Waals surface area contributed by atoms with Crippen LogP contribution in [0.3, 0.4) is 0 Å². The van der Waals surface area contributed by atoms with Crippen LogP contribution in [0.1, 0.15) is 17.3 Å². The number of thioether (sulfide) groups is 1. The lowest BCUT2D eigenvalue weighted by Gasteiger charge is -2.08. The van der Waals surface area contributed by atoms with E-state index in [9.17, 15) is 19.7 Å². The molecule has 2 aromatic rings. The van der Waals surface area contributed by atoms with E-state index in [4.69, 9.17) is 11.6 Å². The Morgan fingerprint density at radius 1 is 1.45 bits per heavy atom. The third kappa shape index (κ3) is 2.19. The Labute approximate surface area is 122 Å². The standard InChI is InChI=1S/C12H9ClN2O4S/c1-5(16)8-11(17)9-7(15(18)19)4-3-6(13)10(9)14-12(8)20-2/h3-4H,1-2H3,(H,14,17). The second-order valence-electron chi connectivity index (χ2n) is 3.99. The first-order valence-electron chi connectivity index (χ1n) is 5.46. The minimum Gasteiger partial charge on any atom is -0.347 e. The van der Waals surface area contributed by atoms with Crippen molar-refractivity contribution in [1.82, 2.24) is 4.98 Å². The van der Waals surface area contributed by atoms with Crippen LogP contribution < -0.4 is 5.43 Å². The molecule has 8 heteroatoms. The molecule has 0 aliphatic carbocycles. The summed E-state index contributed by atoms with van der Waals surface area (Å²) in [6, 6.07) is 2.50. The van der Waals surface area contributed by atoms with E-state index in [0.717, 1.165) is 6.07 Å². The maximum Gasteiger partial charge on any atom is 0.282 e. The number of halogens is 1. The Hall–Kier alpha value is -1.86. The first-order chi connectivity index (χ1) is 9.38. The molecule has 1 heterocycles. The predicted octanol–water partition coefficient (Wildman–Crippen LogP) is 3.01. The van der Waals surface area contributed by atoms with Crippen LogP contribution in [0.15, 0.2) is 22.0 Å². The zero-order valence-electron chi connectivity index (χ0n) is 10.5. The van der Waals surface area contributed by atoms with Gasteiger partial charge in [-0.1, -0.05) is 11.6 Å². The molecule has 20 heavy (non-hydrogen) atoms. The van der Waals surface area contributed by atoms with Gasteiger partial charge in [0.15, 0.2) is 5.78 Å². The fourth-order valence-electron chi connectivity index (χ4n) is 1.95. The number of nitro benzene ring substituents is 1. The van der Waals surface area contributed by atoms with Crippen LogP contribution in [0, 0.1) is 10.1 Å². The van der Waals surface area contributed by atoms with Crippen molar-refractivity contribution in [2.45, 2.75) is 11.9 Å². The average molecular weight is 313 g/mol. The van der Waals surface area contributed by atoms with Gasteiger partial charge < -0.3 is 4.98 Å². The Balaban J connectivity index is 3.09. The first kappa shape index (κ1) is 14.5. The van der Waals surface area contributed by atoms with Crippen molar-refractivity contribution >= 4 is 45.7 Å². The summed E-state index contributed by atoms with van der Waals surface area (Å²) in [5.74, 6) is -0.452. The highest BCUT2D eigenvalue weighted by Crippen LogP contribution is 2.30. The van der Waals surface area contributed by atoms with Crippen molar-refractivity contribution in [2.75, 3.05) is 6.26 Å². The average Bonchev–Trinajstić information content (AvgIpc) is 2.38. The molecular weight excluding hydrogens is 304 g/mol. The number of H-pyrrole nitrogens is 1. The maximum absolute atomic E-state index is 12.4. The van der Waals surface area contributed by atoms with E-state index in [0.29, 0.717) is 5.03 Å². The summed E-state index contributed by atoms with van der Waals surface area (Å²) in [5.41, 5.74) is -0.971. The summed E-state index contributed by atoms with van der Waals surface area (Å²) in [4.78, 5) is 37.2. The highest BCUT2D eigenvalue weighted by atomic mass is 35.5. The molecule has 0 fully saturated rings. The summed E-state index contributed by atoms with van der Waals surface area (Å²) in [6.45, 7) is 1.24. The number of hydrogen-bond acceptors (Lipinski definition) is 5. The van der Waals surface area contributed by atoms with Gasteiger partial charge in [-0.15, -0.1) is 11.8 Å². The Kier molecular flexibility index (Phi) is 3.82. The monoisotopic (exact) mass is 312 g/mol. The number of carbonyl (C=O) groups excluding carboxylic acids is 1. The first-order valence-corrected chi connectivity index (χ1v) is 7.06. The minimum absolute atomic E-state index is 0.0876. The van der Waals surface area contributed by atoms with Crippen molar-refractivity contribution in [3.63, 3.8) is 0 Å². The maximum atomic E-state index is 12.4. The smallest absolute Gasteiger partial charge is 0.282 e. The SMILES string of the molecule is CSc1[nH]c2c(Cl)ccc([N+](=O)[O-])c2c(=O)c1C(C)=O. The van der Waals surface area contributed by atoms with Gasteiger partial charge in [-0.3, -0.25) is 19.7 Å². The molecule has 1 aromatic carbocycles. The molecule has 0 bridgehead atoms. The topological polar surface area (TPSA) is 93.1 Å². The number of hydrogen-bond donors (Lipinski definition) is 1. The van der Waals surface area contributed by atoms with Gasteiger partial charge in [0.25, 0.3) is 5.69 Å². The van der Waals surface area contributed by atoms with Crippen LogP contribution in [0.2, 0.25) is 5.02 Å². The molecule has 0 saturated carbocycles. The number of ketones is 1. The summed E-state index contributed by atoms with van der Waals surface area (Å²) in [7, 11) is 0. The van der Waals surface area contributed by atoms with Gasteiger partial charge in [-0.05, 0) is 19.2 Å². The number of fused-ring (bicyclic) bond motifs is 1. The summed E-state index contributed by atoms with van der Waals surface area (Å²) in [5, 5.41) is 11.4. The highest BCUT2D eigenvalue weighted by Gasteiger charge is 2.23. The number of aromatic nitrogens is 1. The second kappa shape index (κ2) is 5.26. The number of pyridine rings is 1. The normalized spacial score (nSPS) is 10.8. The third-order valence-corrected chi connectivity index (χ3v) is 3.83. The number of Topliss-reactive ketones (excluding diaryl/α,β-unsaturated/α-hetero) is 1. The van der Waals surface area contributed by atoms with E-state index >= 15 is 0 Å². The van der Waals surface area contributed by atoms with Gasteiger partial charge in [-0.2, -0.15) is 0 Å². The largest absolute Gasteiger partial charge is 0.347 e. The van der Waals surface area contributed by atoms with Gasteiger partial charge in [0.1, 0.15) is 5.39 Å². The van der Waals surface area contributed by atoms with E-state index < -0.39 is 16.1 Å². The number of nitrogens with one attached hydrogen (secondary N) is 1. The summed E-state index contributed by atoms with van der Waals surface area (Å²) in [6.07, 6.45) is 1.69. The highest BCUT2D eigenvalue weighted by molar-refractivity contribution is 7.98. The lowest BCUT2D eigenvalue weighted by molar-refractivity contribution is -0.383.